The molecule has 126 valence electrons. The summed E-state index contributed by atoms with van der Waals surface area (Å²) < 4.78 is 0. The van der Waals surface area contributed by atoms with Crippen LogP contribution in [0.5, 0.6) is 0 Å². The summed E-state index contributed by atoms with van der Waals surface area (Å²) in [6.45, 7) is 3.39. The minimum absolute atomic E-state index is 0.490. The predicted octanol–water partition coefficient (Wildman–Crippen LogP) is 4.66. The Morgan fingerprint density at radius 3 is 2.46 bits per heavy atom. The van der Waals surface area contributed by atoms with Gasteiger partial charge in [-0.3, -0.25) is 4.90 Å². The molecule has 0 amide bonds. The first kappa shape index (κ1) is 16.1. The van der Waals surface area contributed by atoms with E-state index in [9.17, 15) is 0 Å². The second kappa shape index (κ2) is 7.26. The van der Waals surface area contributed by atoms with Crippen LogP contribution in [0, 0.1) is 5.92 Å². The van der Waals surface area contributed by atoms with Gasteiger partial charge in [0.25, 0.3) is 0 Å². The molecule has 0 aromatic heterocycles. The Morgan fingerprint density at radius 2 is 1.75 bits per heavy atom. The predicted molar refractivity (Wildman–Crippen MR) is 100 cm³/mol. The topological polar surface area (TPSA) is 15.3 Å². The molecule has 2 atom stereocenters. The van der Waals surface area contributed by atoms with E-state index in [0.29, 0.717) is 12.1 Å². The fraction of sp³-hybridized carbons (Fsp3) is 0.429. The smallest absolute Gasteiger partial charge is 0.0406 e. The van der Waals surface area contributed by atoms with Crippen molar-refractivity contribution in [3.8, 4) is 0 Å². The maximum atomic E-state index is 6.05. The van der Waals surface area contributed by atoms with Crippen LogP contribution in [0.25, 0.3) is 0 Å². The molecule has 2 aromatic rings. The van der Waals surface area contributed by atoms with Gasteiger partial charge in [-0.15, -0.1) is 0 Å². The number of hydrogen-bond donors (Lipinski definition) is 1. The summed E-state index contributed by atoms with van der Waals surface area (Å²) in [5.41, 5.74) is 2.80. The number of nitrogens with one attached hydrogen (secondary N) is 1. The molecule has 2 aliphatic rings. The molecule has 1 heterocycles. The van der Waals surface area contributed by atoms with Gasteiger partial charge in [0.15, 0.2) is 0 Å². The minimum Gasteiger partial charge on any atom is -0.306 e. The van der Waals surface area contributed by atoms with Crippen LogP contribution in [-0.2, 0) is 6.54 Å². The third-order valence-corrected chi connectivity index (χ3v) is 5.51. The molecule has 3 heteroatoms. The average Bonchev–Trinajstić information content (AvgIpc) is 3.36. The molecule has 1 aliphatic carbocycles. The van der Waals surface area contributed by atoms with Gasteiger partial charge in [-0.1, -0.05) is 54.1 Å². The summed E-state index contributed by atoms with van der Waals surface area (Å²) in [6.07, 6.45) is 3.94. The number of likely N-dealkylation sites (tertiary alicyclic amines) is 1. The number of hydrogen-bond acceptors (Lipinski definition) is 2. The summed E-state index contributed by atoms with van der Waals surface area (Å²) in [6, 6.07) is 20.3. The Hall–Kier alpha value is -1.35. The monoisotopic (exact) mass is 340 g/mol. The van der Waals surface area contributed by atoms with Crippen molar-refractivity contribution in [1.82, 2.24) is 10.2 Å². The number of nitrogens with zero attached hydrogens (tertiary/aromatic N) is 1. The van der Waals surface area contributed by atoms with Crippen molar-refractivity contribution in [1.29, 1.82) is 0 Å². The van der Waals surface area contributed by atoms with Gasteiger partial charge in [-0.2, -0.15) is 0 Å². The van der Waals surface area contributed by atoms with Gasteiger partial charge in [0.1, 0.15) is 0 Å². The quantitative estimate of drug-likeness (QED) is 0.823. The third-order valence-electron chi connectivity index (χ3n) is 5.26. The van der Waals surface area contributed by atoms with E-state index in [1.165, 1.54) is 36.9 Å². The highest BCUT2D eigenvalue weighted by molar-refractivity contribution is 6.30. The molecule has 0 spiro atoms. The average molecular weight is 341 g/mol. The molecule has 0 radical (unpaired) electrons. The van der Waals surface area contributed by atoms with Gasteiger partial charge < -0.3 is 5.32 Å². The van der Waals surface area contributed by atoms with Crippen molar-refractivity contribution in [3.05, 3.63) is 70.7 Å². The molecule has 2 nitrogen and oxygen atoms in total. The molecule has 1 saturated carbocycles. The van der Waals surface area contributed by atoms with Crippen LogP contribution in [0.1, 0.15) is 36.4 Å². The van der Waals surface area contributed by atoms with Gasteiger partial charge in [-0.25, -0.2) is 0 Å². The molecule has 0 bridgehead atoms. The number of rotatable bonds is 6. The zero-order valence-electron chi connectivity index (χ0n) is 14.0. The zero-order chi connectivity index (χ0) is 16.4. The molecule has 4 rings (SSSR count). The maximum Gasteiger partial charge on any atom is 0.0406 e. The van der Waals surface area contributed by atoms with Crippen molar-refractivity contribution in [2.45, 2.75) is 37.9 Å². The van der Waals surface area contributed by atoms with Crippen LogP contribution < -0.4 is 5.32 Å². The van der Waals surface area contributed by atoms with Crippen molar-refractivity contribution < 1.29 is 0 Å². The lowest BCUT2D eigenvalue weighted by molar-refractivity contribution is 0.311. The fourth-order valence-electron chi connectivity index (χ4n) is 3.81. The number of benzene rings is 2. The molecular weight excluding hydrogens is 316 g/mol. The maximum absolute atomic E-state index is 6.05. The van der Waals surface area contributed by atoms with Crippen molar-refractivity contribution >= 4 is 11.6 Å². The van der Waals surface area contributed by atoms with E-state index >= 15 is 0 Å². The molecule has 2 aromatic carbocycles. The summed E-state index contributed by atoms with van der Waals surface area (Å²) in [5.74, 6) is 0.800. The van der Waals surface area contributed by atoms with Crippen LogP contribution in [0.15, 0.2) is 54.6 Å². The highest BCUT2D eigenvalue weighted by Gasteiger charge is 2.35. The second-order valence-electron chi connectivity index (χ2n) is 7.24. The Labute approximate surface area is 149 Å². The van der Waals surface area contributed by atoms with E-state index in [1.807, 2.05) is 12.1 Å². The molecule has 1 N–H and O–H groups in total. The van der Waals surface area contributed by atoms with Crippen LogP contribution in [0.2, 0.25) is 5.02 Å². The Kier molecular flexibility index (Phi) is 4.88. The highest BCUT2D eigenvalue weighted by atomic mass is 35.5. The molecule has 2 fully saturated rings. The van der Waals surface area contributed by atoms with Crippen molar-refractivity contribution in [2.24, 2.45) is 5.92 Å². The Balaban J connectivity index is 1.36. The summed E-state index contributed by atoms with van der Waals surface area (Å²) in [5, 5.41) is 4.77. The first-order chi connectivity index (χ1) is 11.8. The lowest BCUT2D eigenvalue weighted by atomic mass is 10.0. The Bertz CT molecular complexity index is 651. The second-order valence-corrected chi connectivity index (χ2v) is 7.68. The van der Waals surface area contributed by atoms with Gasteiger partial charge in [0, 0.05) is 36.7 Å². The first-order valence-electron chi connectivity index (χ1n) is 9.06. The van der Waals surface area contributed by atoms with E-state index in [0.717, 1.165) is 24.0 Å². The van der Waals surface area contributed by atoms with Crippen LogP contribution >= 0.6 is 11.6 Å². The highest BCUT2D eigenvalue weighted by Crippen LogP contribution is 2.41. The summed E-state index contributed by atoms with van der Waals surface area (Å²) in [4.78, 5) is 2.57. The van der Waals surface area contributed by atoms with Gasteiger partial charge in [-0.05, 0) is 48.4 Å². The summed E-state index contributed by atoms with van der Waals surface area (Å²) >= 11 is 6.05. The van der Waals surface area contributed by atoms with E-state index < -0.39 is 0 Å². The lowest BCUT2D eigenvalue weighted by Gasteiger charge is -2.24. The minimum atomic E-state index is 0.490. The number of halogens is 1. The van der Waals surface area contributed by atoms with E-state index in [4.69, 9.17) is 11.6 Å². The normalized spacial score (nSPS) is 22.6. The van der Waals surface area contributed by atoms with Gasteiger partial charge in [0.2, 0.25) is 0 Å². The standard InChI is InChI=1S/C21H25ClN2/c22-19-10-8-18(9-11-19)21(17-6-7-17)23-20-12-13-24(15-20)14-16-4-2-1-3-5-16/h1-5,8-11,17,20-21,23H,6-7,12-15H2. The third kappa shape index (κ3) is 4.00. The fourth-order valence-corrected chi connectivity index (χ4v) is 3.94. The molecule has 1 aliphatic heterocycles. The van der Waals surface area contributed by atoms with Crippen molar-refractivity contribution in [3.63, 3.8) is 0 Å². The molecule has 2 unspecified atom stereocenters. The van der Waals surface area contributed by atoms with E-state index in [-0.39, 0.29) is 0 Å². The largest absolute Gasteiger partial charge is 0.306 e. The van der Waals surface area contributed by atoms with Crippen molar-refractivity contribution in [2.75, 3.05) is 13.1 Å². The van der Waals surface area contributed by atoms with Gasteiger partial charge >= 0.3 is 0 Å². The Morgan fingerprint density at radius 1 is 1.00 bits per heavy atom. The first-order valence-corrected chi connectivity index (χ1v) is 9.43. The summed E-state index contributed by atoms with van der Waals surface area (Å²) in [7, 11) is 0. The molecular formula is C21H25ClN2. The SMILES string of the molecule is Clc1ccc(C(NC2CCN(Cc3ccccc3)C2)C2CC2)cc1. The van der Waals surface area contributed by atoms with Crippen LogP contribution in [-0.4, -0.2) is 24.0 Å². The van der Waals surface area contributed by atoms with Crippen LogP contribution in [0.4, 0.5) is 0 Å². The zero-order valence-corrected chi connectivity index (χ0v) is 14.8. The van der Waals surface area contributed by atoms with E-state index in [2.05, 4.69) is 52.7 Å². The lowest BCUT2D eigenvalue weighted by Crippen LogP contribution is -2.36. The van der Waals surface area contributed by atoms with Crippen LogP contribution in [0.3, 0.4) is 0 Å². The molecule has 24 heavy (non-hydrogen) atoms. The molecule has 1 saturated heterocycles. The van der Waals surface area contributed by atoms with Gasteiger partial charge in [0.05, 0.1) is 0 Å². The van der Waals surface area contributed by atoms with E-state index in [1.54, 1.807) is 0 Å².